The van der Waals surface area contributed by atoms with Crippen molar-refractivity contribution < 1.29 is 0 Å². The molecule has 18 heavy (non-hydrogen) atoms. The van der Waals surface area contributed by atoms with Gasteiger partial charge in [0, 0.05) is 11.3 Å². The van der Waals surface area contributed by atoms with Gasteiger partial charge < -0.3 is 10.3 Å². The van der Waals surface area contributed by atoms with E-state index < -0.39 is 0 Å². The number of aliphatic imine (C=N–C) groups is 1. The summed E-state index contributed by atoms with van der Waals surface area (Å²) in [5.41, 5.74) is 5.85. The third-order valence-corrected chi connectivity index (χ3v) is 4.70. The van der Waals surface area contributed by atoms with E-state index in [2.05, 4.69) is 28.3 Å². The van der Waals surface area contributed by atoms with Crippen LogP contribution in [0.5, 0.6) is 0 Å². The van der Waals surface area contributed by atoms with Crippen molar-refractivity contribution in [3.8, 4) is 0 Å². The van der Waals surface area contributed by atoms with Gasteiger partial charge in [-0.25, -0.2) is 10.8 Å². The molecule has 0 spiro atoms. The van der Waals surface area contributed by atoms with Crippen molar-refractivity contribution in [1.29, 1.82) is 0 Å². The maximum absolute atomic E-state index is 5.62. The summed E-state index contributed by atoms with van der Waals surface area (Å²) in [5, 5.41) is 0. The van der Waals surface area contributed by atoms with Crippen molar-refractivity contribution in [3.05, 3.63) is 29.3 Å². The molecule has 2 aliphatic rings. The number of aryl methyl sites for hydroxylation is 1. The van der Waals surface area contributed by atoms with Crippen LogP contribution in [-0.2, 0) is 0 Å². The molecule has 0 bridgehead atoms. The summed E-state index contributed by atoms with van der Waals surface area (Å²) in [6.07, 6.45) is 0. The number of hydrogen-bond donors (Lipinski definition) is 2. The number of nitrogens with one attached hydrogen (secondary N) is 1. The molecule has 0 radical (unpaired) electrons. The summed E-state index contributed by atoms with van der Waals surface area (Å²) in [7, 11) is 0. The molecule has 1 atom stereocenters. The number of amidine groups is 1. The normalized spacial score (nSPS) is 22.1. The zero-order valence-electron chi connectivity index (χ0n) is 10.0. The van der Waals surface area contributed by atoms with Crippen LogP contribution in [0.1, 0.15) is 11.1 Å². The maximum Gasteiger partial charge on any atom is 0.140 e. The molecule has 1 fully saturated rings. The van der Waals surface area contributed by atoms with Gasteiger partial charge in [-0.15, -0.1) is 11.8 Å². The Morgan fingerprint density at radius 1 is 1.56 bits per heavy atom. The van der Waals surface area contributed by atoms with E-state index in [-0.39, 0.29) is 6.04 Å². The lowest BCUT2D eigenvalue weighted by molar-refractivity contribution is 0.487. The summed E-state index contributed by atoms with van der Waals surface area (Å²) in [6, 6.07) is 6.31. The molecule has 94 valence electrons. The predicted octanol–water partition coefficient (Wildman–Crippen LogP) is 1.55. The Bertz CT molecular complexity index is 541. The molecule has 4 nitrogen and oxygen atoms in total. The minimum absolute atomic E-state index is 0.167. The topological polar surface area (TPSA) is 53.6 Å². The fraction of sp³-hybridized carbons (Fsp3) is 0.333. The van der Waals surface area contributed by atoms with Gasteiger partial charge in [0.15, 0.2) is 0 Å². The summed E-state index contributed by atoms with van der Waals surface area (Å²) in [4.78, 5) is 7.70. The lowest BCUT2D eigenvalue weighted by Gasteiger charge is -2.24. The van der Waals surface area contributed by atoms with Crippen LogP contribution in [0, 0.1) is 6.92 Å². The van der Waals surface area contributed by atoms with Crippen molar-refractivity contribution in [2.45, 2.75) is 13.0 Å². The first-order valence-electron chi connectivity index (χ1n) is 5.75. The SMILES string of the molecule is Cc1ccc2c(c1)C(=S)N1CSC[C@H]1C(NN)=N2. The second kappa shape index (κ2) is 4.53. The van der Waals surface area contributed by atoms with Crippen LogP contribution in [0.25, 0.3) is 0 Å². The zero-order valence-corrected chi connectivity index (χ0v) is 11.6. The van der Waals surface area contributed by atoms with Crippen LogP contribution in [0.15, 0.2) is 23.2 Å². The summed E-state index contributed by atoms with van der Waals surface area (Å²) in [6.45, 7) is 2.07. The average Bonchev–Trinajstić information content (AvgIpc) is 2.81. The molecule has 3 rings (SSSR count). The number of nitrogens with zero attached hydrogens (tertiary/aromatic N) is 2. The Hall–Kier alpha value is -1.11. The zero-order chi connectivity index (χ0) is 12.7. The molecule has 1 saturated heterocycles. The second-order valence-corrected chi connectivity index (χ2v) is 5.84. The van der Waals surface area contributed by atoms with E-state index in [1.807, 2.05) is 23.9 Å². The van der Waals surface area contributed by atoms with Crippen molar-refractivity contribution in [1.82, 2.24) is 10.3 Å². The largest absolute Gasteiger partial charge is 0.342 e. The number of hydrogen-bond acceptors (Lipinski definition) is 5. The number of thioether (sulfide) groups is 1. The highest BCUT2D eigenvalue weighted by molar-refractivity contribution is 7.99. The molecule has 1 aromatic rings. The summed E-state index contributed by atoms with van der Waals surface area (Å²) >= 11 is 7.47. The minimum atomic E-state index is 0.167. The highest BCUT2D eigenvalue weighted by Crippen LogP contribution is 2.32. The fourth-order valence-electron chi connectivity index (χ4n) is 2.28. The van der Waals surface area contributed by atoms with Crippen LogP contribution >= 0.6 is 24.0 Å². The van der Waals surface area contributed by atoms with Gasteiger partial charge in [-0.3, -0.25) is 0 Å². The molecule has 0 amide bonds. The van der Waals surface area contributed by atoms with E-state index in [0.29, 0.717) is 0 Å². The van der Waals surface area contributed by atoms with E-state index in [1.54, 1.807) is 0 Å². The molecule has 6 heteroatoms. The highest BCUT2D eigenvalue weighted by atomic mass is 32.2. The Labute approximate surface area is 116 Å². The molecule has 0 aromatic heterocycles. The van der Waals surface area contributed by atoms with Gasteiger partial charge in [0.2, 0.25) is 0 Å². The van der Waals surface area contributed by atoms with Crippen molar-refractivity contribution in [2.75, 3.05) is 11.6 Å². The molecular weight excluding hydrogens is 264 g/mol. The predicted molar refractivity (Wildman–Crippen MR) is 80.2 cm³/mol. The molecule has 2 aliphatic heterocycles. The number of nitrogens with two attached hydrogens (primary N) is 1. The monoisotopic (exact) mass is 278 g/mol. The number of benzene rings is 1. The van der Waals surface area contributed by atoms with Crippen molar-refractivity contribution >= 4 is 40.5 Å². The standard InChI is InChI=1S/C12H14N4S2/c1-7-2-3-9-8(4-7)12(17)16-6-18-5-10(16)11(14-9)15-13/h2-4,10H,5-6,13H2,1H3,(H,14,15)/t10-/m0/s1. The van der Waals surface area contributed by atoms with Crippen LogP contribution in [0.4, 0.5) is 5.69 Å². The smallest absolute Gasteiger partial charge is 0.140 e. The Morgan fingerprint density at radius 3 is 3.17 bits per heavy atom. The molecule has 1 aromatic carbocycles. The fourth-order valence-corrected chi connectivity index (χ4v) is 3.88. The molecule has 3 N–H and O–H groups in total. The van der Waals surface area contributed by atoms with E-state index in [0.717, 1.165) is 33.7 Å². The van der Waals surface area contributed by atoms with Gasteiger partial charge in [0.05, 0.1) is 17.6 Å². The Morgan fingerprint density at radius 2 is 2.39 bits per heavy atom. The van der Waals surface area contributed by atoms with E-state index in [9.17, 15) is 0 Å². The van der Waals surface area contributed by atoms with Crippen molar-refractivity contribution in [3.63, 3.8) is 0 Å². The Balaban J connectivity index is 2.16. The first kappa shape index (κ1) is 12.0. The summed E-state index contributed by atoms with van der Waals surface area (Å²) < 4.78 is 0. The van der Waals surface area contributed by atoms with Crippen LogP contribution in [-0.4, -0.2) is 33.4 Å². The molecule has 0 aliphatic carbocycles. The number of thiocarbonyl (C=S) groups is 1. The van der Waals surface area contributed by atoms with E-state index in [1.165, 1.54) is 5.56 Å². The van der Waals surface area contributed by atoms with Gasteiger partial charge in [0.1, 0.15) is 10.8 Å². The maximum atomic E-state index is 5.62. The summed E-state index contributed by atoms with van der Waals surface area (Å²) in [5.74, 6) is 8.27. The third kappa shape index (κ3) is 1.81. The molecule has 2 heterocycles. The van der Waals surface area contributed by atoms with Gasteiger partial charge in [-0.1, -0.05) is 23.8 Å². The van der Waals surface area contributed by atoms with E-state index >= 15 is 0 Å². The third-order valence-electron chi connectivity index (χ3n) is 3.23. The van der Waals surface area contributed by atoms with E-state index in [4.69, 9.17) is 18.1 Å². The molecule has 0 unspecified atom stereocenters. The first-order chi connectivity index (χ1) is 8.70. The number of rotatable bonds is 0. The molecular formula is C12H14N4S2. The van der Waals surface area contributed by atoms with Gasteiger partial charge >= 0.3 is 0 Å². The minimum Gasteiger partial charge on any atom is -0.342 e. The average molecular weight is 278 g/mol. The number of hydrazine groups is 1. The second-order valence-electron chi connectivity index (χ2n) is 4.45. The van der Waals surface area contributed by atoms with Crippen LogP contribution < -0.4 is 11.3 Å². The highest BCUT2D eigenvalue weighted by Gasteiger charge is 2.34. The quantitative estimate of drug-likeness (QED) is 0.428. The number of fused-ring (bicyclic) bond motifs is 2. The van der Waals surface area contributed by atoms with Crippen molar-refractivity contribution in [2.24, 2.45) is 10.8 Å². The lowest BCUT2D eigenvalue weighted by Crippen LogP contribution is -2.48. The first-order valence-corrected chi connectivity index (χ1v) is 7.31. The van der Waals surface area contributed by atoms with Crippen LogP contribution in [0.3, 0.4) is 0 Å². The Kier molecular flexibility index (Phi) is 3.01. The molecule has 0 saturated carbocycles. The lowest BCUT2D eigenvalue weighted by atomic mass is 10.1. The van der Waals surface area contributed by atoms with Crippen LogP contribution in [0.2, 0.25) is 0 Å². The van der Waals surface area contributed by atoms with Gasteiger partial charge in [-0.05, 0) is 19.1 Å². The van der Waals surface area contributed by atoms with Gasteiger partial charge in [0.25, 0.3) is 0 Å². The van der Waals surface area contributed by atoms with Gasteiger partial charge in [-0.2, -0.15) is 0 Å².